The summed E-state index contributed by atoms with van der Waals surface area (Å²) in [7, 11) is 0. The standard InChI is InChI=1S/C28H29ClN2O5/c29-22-16-20(17-25-27(22)35-15-7-14-34-25)18-26(32)31-12-4-1-5-13-33-23-9-2-3-10-24(23)36-28-21(19-31)8-6-11-30-28/h2-3,6,8-11,16-17H,1,4-5,7,12-15,18-19H2. The van der Waals surface area contributed by atoms with Crippen LogP contribution in [0.1, 0.15) is 36.8 Å². The molecule has 0 radical (unpaired) electrons. The van der Waals surface area contributed by atoms with Crippen LogP contribution in [0.2, 0.25) is 5.02 Å². The van der Waals surface area contributed by atoms with Crippen LogP contribution in [0, 0.1) is 0 Å². The van der Waals surface area contributed by atoms with Gasteiger partial charge in [0.2, 0.25) is 11.8 Å². The number of fused-ring (bicyclic) bond motifs is 3. The Labute approximate surface area is 215 Å². The third-order valence-corrected chi connectivity index (χ3v) is 6.45. The summed E-state index contributed by atoms with van der Waals surface area (Å²) in [5.74, 6) is 2.90. The smallest absolute Gasteiger partial charge is 0.227 e. The van der Waals surface area contributed by atoms with E-state index in [0.29, 0.717) is 66.8 Å². The highest BCUT2D eigenvalue weighted by Crippen LogP contribution is 2.38. The van der Waals surface area contributed by atoms with E-state index in [1.54, 1.807) is 12.3 Å². The molecule has 188 valence electrons. The second-order valence-corrected chi connectivity index (χ2v) is 9.28. The molecule has 5 rings (SSSR count). The SMILES string of the molecule is O=C(Cc1cc(Cl)c2c(c1)OCCCO2)N1CCCCCOc2ccccc2Oc2ncccc2C1. The first kappa shape index (κ1) is 24.3. The molecule has 3 aromatic rings. The lowest BCUT2D eigenvalue weighted by Gasteiger charge is -2.24. The zero-order valence-corrected chi connectivity index (χ0v) is 20.8. The Hall–Kier alpha value is -3.45. The number of benzene rings is 2. The Morgan fingerprint density at radius 3 is 2.61 bits per heavy atom. The number of pyridine rings is 1. The first-order chi connectivity index (χ1) is 17.7. The zero-order valence-electron chi connectivity index (χ0n) is 20.1. The van der Waals surface area contributed by atoms with Gasteiger partial charge >= 0.3 is 0 Å². The van der Waals surface area contributed by atoms with Gasteiger partial charge in [0.15, 0.2) is 23.0 Å². The first-order valence-electron chi connectivity index (χ1n) is 12.4. The van der Waals surface area contributed by atoms with Crippen molar-refractivity contribution in [3.8, 4) is 28.9 Å². The van der Waals surface area contributed by atoms with Crippen LogP contribution in [0.15, 0.2) is 54.7 Å². The van der Waals surface area contributed by atoms with Crippen molar-refractivity contribution in [1.82, 2.24) is 9.88 Å². The lowest BCUT2D eigenvalue weighted by molar-refractivity contribution is -0.131. The predicted molar refractivity (Wildman–Crippen MR) is 136 cm³/mol. The van der Waals surface area contributed by atoms with E-state index in [-0.39, 0.29) is 12.3 Å². The number of carbonyl (C=O) groups is 1. The molecule has 0 fully saturated rings. The molecule has 3 heterocycles. The monoisotopic (exact) mass is 508 g/mol. The van der Waals surface area contributed by atoms with Crippen molar-refractivity contribution in [3.05, 3.63) is 70.9 Å². The van der Waals surface area contributed by atoms with Gasteiger partial charge in [-0.25, -0.2) is 4.98 Å². The highest BCUT2D eigenvalue weighted by molar-refractivity contribution is 6.32. The van der Waals surface area contributed by atoms with Crippen LogP contribution in [0.5, 0.6) is 28.9 Å². The first-order valence-corrected chi connectivity index (χ1v) is 12.7. The minimum atomic E-state index is 0.00174. The Kier molecular flexibility index (Phi) is 7.76. The van der Waals surface area contributed by atoms with Gasteiger partial charge in [0.25, 0.3) is 0 Å². The van der Waals surface area contributed by atoms with Gasteiger partial charge in [0.1, 0.15) is 0 Å². The molecule has 7 nitrogen and oxygen atoms in total. The van der Waals surface area contributed by atoms with Gasteiger partial charge in [-0.3, -0.25) is 4.79 Å². The quantitative estimate of drug-likeness (QED) is 0.434. The van der Waals surface area contributed by atoms with Crippen molar-refractivity contribution in [3.63, 3.8) is 0 Å². The molecule has 1 amide bonds. The number of ether oxygens (including phenoxy) is 4. The van der Waals surface area contributed by atoms with Crippen LogP contribution < -0.4 is 18.9 Å². The normalized spacial score (nSPS) is 16.0. The highest BCUT2D eigenvalue weighted by Gasteiger charge is 2.21. The molecule has 0 saturated heterocycles. The maximum Gasteiger partial charge on any atom is 0.227 e. The second kappa shape index (κ2) is 11.5. The highest BCUT2D eigenvalue weighted by atomic mass is 35.5. The Balaban J connectivity index is 1.39. The molecular formula is C28H29ClN2O5. The summed E-state index contributed by atoms with van der Waals surface area (Å²) in [5.41, 5.74) is 1.62. The molecule has 0 bridgehead atoms. The summed E-state index contributed by atoms with van der Waals surface area (Å²) < 4.78 is 23.7. The third-order valence-electron chi connectivity index (χ3n) is 6.17. The van der Waals surface area contributed by atoms with Crippen molar-refractivity contribution in [1.29, 1.82) is 0 Å². The minimum absolute atomic E-state index is 0.00174. The summed E-state index contributed by atoms with van der Waals surface area (Å²) in [6.07, 6.45) is 5.39. The van der Waals surface area contributed by atoms with Crippen LogP contribution in [0.3, 0.4) is 0 Å². The van der Waals surface area contributed by atoms with Gasteiger partial charge in [0, 0.05) is 24.7 Å². The van der Waals surface area contributed by atoms with Crippen molar-refractivity contribution < 1.29 is 23.7 Å². The van der Waals surface area contributed by atoms with Gasteiger partial charge in [-0.05, 0) is 55.2 Å². The molecule has 2 aliphatic heterocycles. The summed E-state index contributed by atoms with van der Waals surface area (Å²) in [4.78, 5) is 19.9. The van der Waals surface area contributed by atoms with Crippen LogP contribution in [0.25, 0.3) is 0 Å². The van der Waals surface area contributed by atoms with E-state index in [9.17, 15) is 4.79 Å². The fraction of sp³-hybridized carbons (Fsp3) is 0.357. The maximum absolute atomic E-state index is 13.5. The molecule has 0 spiro atoms. The molecule has 0 atom stereocenters. The predicted octanol–water partition coefficient (Wildman–Crippen LogP) is 5.82. The van der Waals surface area contributed by atoms with Crippen LogP contribution in [0.4, 0.5) is 0 Å². The Morgan fingerprint density at radius 2 is 1.69 bits per heavy atom. The molecule has 0 saturated carbocycles. The number of para-hydroxylation sites is 2. The number of amides is 1. The number of hydrogen-bond acceptors (Lipinski definition) is 6. The zero-order chi connectivity index (χ0) is 24.7. The molecule has 0 N–H and O–H groups in total. The number of carbonyl (C=O) groups excluding carboxylic acids is 1. The largest absolute Gasteiger partial charge is 0.490 e. The number of nitrogens with zero attached hydrogens (tertiary/aromatic N) is 2. The number of halogens is 1. The molecule has 2 aliphatic rings. The lowest BCUT2D eigenvalue weighted by atomic mass is 10.1. The van der Waals surface area contributed by atoms with E-state index < -0.39 is 0 Å². The third kappa shape index (κ3) is 5.85. The van der Waals surface area contributed by atoms with Gasteiger partial charge in [-0.15, -0.1) is 0 Å². The van der Waals surface area contributed by atoms with Gasteiger partial charge in [0.05, 0.1) is 37.8 Å². The molecule has 0 aliphatic carbocycles. The minimum Gasteiger partial charge on any atom is -0.490 e. The van der Waals surface area contributed by atoms with Crippen LogP contribution in [-0.2, 0) is 17.8 Å². The van der Waals surface area contributed by atoms with E-state index in [2.05, 4.69) is 4.98 Å². The summed E-state index contributed by atoms with van der Waals surface area (Å²) in [6.45, 7) is 2.72. The molecule has 8 heteroatoms. The van der Waals surface area contributed by atoms with Crippen LogP contribution >= 0.6 is 11.6 Å². The summed E-state index contributed by atoms with van der Waals surface area (Å²) in [5, 5.41) is 0.462. The number of hydrogen-bond donors (Lipinski definition) is 0. The van der Waals surface area contributed by atoms with Crippen molar-refractivity contribution in [2.75, 3.05) is 26.4 Å². The van der Waals surface area contributed by atoms with Crippen molar-refractivity contribution >= 4 is 17.5 Å². The van der Waals surface area contributed by atoms with E-state index in [1.807, 2.05) is 47.4 Å². The average molecular weight is 509 g/mol. The topological polar surface area (TPSA) is 70.1 Å². The Morgan fingerprint density at radius 1 is 0.889 bits per heavy atom. The van der Waals surface area contributed by atoms with E-state index in [0.717, 1.165) is 36.8 Å². The summed E-state index contributed by atoms with van der Waals surface area (Å²) in [6, 6.07) is 15.0. The number of rotatable bonds is 2. The molecule has 1 aromatic heterocycles. The van der Waals surface area contributed by atoms with Crippen molar-refractivity contribution in [2.24, 2.45) is 0 Å². The second-order valence-electron chi connectivity index (χ2n) is 8.87. The molecule has 0 unspecified atom stereocenters. The summed E-state index contributed by atoms with van der Waals surface area (Å²) >= 11 is 6.47. The fourth-order valence-corrected chi connectivity index (χ4v) is 4.62. The molecule has 2 aromatic carbocycles. The van der Waals surface area contributed by atoms with Crippen molar-refractivity contribution in [2.45, 2.75) is 38.6 Å². The number of aromatic nitrogens is 1. The average Bonchev–Trinajstić information content (AvgIpc) is 3.12. The van der Waals surface area contributed by atoms with Gasteiger partial charge in [-0.1, -0.05) is 29.8 Å². The van der Waals surface area contributed by atoms with E-state index >= 15 is 0 Å². The van der Waals surface area contributed by atoms with Gasteiger partial charge < -0.3 is 23.8 Å². The molecule has 36 heavy (non-hydrogen) atoms. The molecular weight excluding hydrogens is 480 g/mol. The lowest BCUT2D eigenvalue weighted by Crippen LogP contribution is -2.33. The van der Waals surface area contributed by atoms with Gasteiger partial charge in [-0.2, -0.15) is 0 Å². The van der Waals surface area contributed by atoms with Crippen LogP contribution in [-0.4, -0.2) is 42.2 Å². The fourth-order valence-electron chi connectivity index (χ4n) is 4.33. The Bertz CT molecular complexity index is 1220. The van der Waals surface area contributed by atoms with E-state index in [4.69, 9.17) is 30.5 Å². The van der Waals surface area contributed by atoms with E-state index in [1.165, 1.54) is 0 Å². The maximum atomic E-state index is 13.5.